The lowest BCUT2D eigenvalue weighted by molar-refractivity contribution is -0.116. The van der Waals surface area contributed by atoms with E-state index in [0.717, 1.165) is 46.7 Å². The topological polar surface area (TPSA) is 67.2 Å². The summed E-state index contributed by atoms with van der Waals surface area (Å²) >= 11 is 3.19. The number of anilines is 2. The first-order chi connectivity index (χ1) is 13.0. The van der Waals surface area contributed by atoms with Crippen LogP contribution in [-0.4, -0.2) is 45.8 Å². The zero-order chi connectivity index (χ0) is 19.0. The molecular formula is C18H26N6OS2. The summed E-state index contributed by atoms with van der Waals surface area (Å²) in [5.41, 5.74) is 0.979. The second-order valence-electron chi connectivity index (χ2n) is 7.54. The van der Waals surface area contributed by atoms with E-state index in [-0.39, 0.29) is 5.91 Å². The van der Waals surface area contributed by atoms with Crippen molar-refractivity contribution < 1.29 is 4.79 Å². The normalized spacial score (nSPS) is 18.1. The number of carbonyl (C=O) groups is 1. The van der Waals surface area contributed by atoms with Gasteiger partial charge in [0.15, 0.2) is 10.3 Å². The Hall–Kier alpha value is -1.61. The van der Waals surface area contributed by atoms with Gasteiger partial charge in [-0.05, 0) is 31.6 Å². The van der Waals surface area contributed by atoms with Gasteiger partial charge in [-0.15, -0.1) is 21.5 Å². The molecule has 1 amide bonds. The molecule has 146 valence electrons. The molecule has 0 radical (unpaired) electrons. The van der Waals surface area contributed by atoms with Gasteiger partial charge in [0.05, 0.1) is 5.69 Å². The van der Waals surface area contributed by atoms with Crippen LogP contribution in [0.3, 0.4) is 0 Å². The SMILES string of the molecule is CC(=O)N(C)c1nc(CSc2nnc(N3CCC(C)CC3)n2C2CC2)cs1. The standard InChI is InChI=1S/C18H26N6OS2/c1-12-6-8-23(9-7-12)16-20-21-18(24(16)15-4-5-15)27-11-14-10-26-17(19-14)22(3)13(2)25/h10,12,15H,4-9,11H2,1-3H3. The summed E-state index contributed by atoms with van der Waals surface area (Å²) in [4.78, 5) is 20.1. The third kappa shape index (κ3) is 4.13. The van der Waals surface area contributed by atoms with E-state index in [1.165, 1.54) is 37.0 Å². The van der Waals surface area contributed by atoms with Crippen LogP contribution in [0.2, 0.25) is 0 Å². The number of thiazole rings is 1. The Balaban J connectivity index is 1.46. The molecule has 1 saturated carbocycles. The highest BCUT2D eigenvalue weighted by Gasteiger charge is 2.32. The Morgan fingerprint density at radius 1 is 1.30 bits per heavy atom. The van der Waals surface area contributed by atoms with Gasteiger partial charge in [0, 0.05) is 44.2 Å². The quantitative estimate of drug-likeness (QED) is 0.683. The molecule has 9 heteroatoms. The number of hydrogen-bond donors (Lipinski definition) is 0. The summed E-state index contributed by atoms with van der Waals surface area (Å²) < 4.78 is 2.34. The molecule has 2 aliphatic rings. The first-order valence-electron chi connectivity index (χ1n) is 9.54. The van der Waals surface area contributed by atoms with E-state index in [4.69, 9.17) is 0 Å². The number of nitrogens with zero attached hydrogens (tertiary/aromatic N) is 6. The van der Waals surface area contributed by atoms with Crippen molar-refractivity contribution >= 4 is 40.1 Å². The van der Waals surface area contributed by atoms with Gasteiger partial charge in [0.2, 0.25) is 11.9 Å². The zero-order valence-electron chi connectivity index (χ0n) is 16.1. The van der Waals surface area contributed by atoms with Crippen LogP contribution >= 0.6 is 23.1 Å². The predicted molar refractivity (Wildman–Crippen MR) is 110 cm³/mol. The van der Waals surface area contributed by atoms with Crippen LogP contribution in [0.25, 0.3) is 0 Å². The molecule has 2 fully saturated rings. The van der Waals surface area contributed by atoms with E-state index in [9.17, 15) is 4.79 Å². The second-order valence-corrected chi connectivity index (χ2v) is 9.32. The number of rotatable bonds is 6. The lowest BCUT2D eigenvalue weighted by Gasteiger charge is -2.31. The van der Waals surface area contributed by atoms with Crippen LogP contribution < -0.4 is 9.80 Å². The van der Waals surface area contributed by atoms with Crippen molar-refractivity contribution in [1.82, 2.24) is 19.7 Å². The summed E-state index contributed by atoms with van der Waals surface area (Å²) in [7, 11) is 1.76. The average Bonchev–Trinajstić information content (AvgIpc) is 3.23. The first-order valence-corrected chi connectivity index (χ1v) is 11.4. The molecule has 1 aliphatic heterocycles. The van der Waals surface area contributed by atoms with Gasteiger partial charge >= 0.3 is 0 Å². The van der Waals surface area contributed by atoms with Crippen LogP contribution in [0.5, 0.6) is 0 Å². The molecule has 1 saturated heterocycles. The molecule has 2 aromatic heterocycles. The number of hydrogen-bond acceptors (Lipinski definition) is 7. The Morgan fingerprint density at radius 2 is 2.04 bits per heavy atom. The molecular weight excluding hydrogens is 380 g/mol. The molecule has 3 heterocycles. The van der Waals surface area contributed by atoms with Crippen LogP contribution in [0.4, 0.5) is 11.1 Å². The fraction of sp³-hybridized carbons (Fsp3) is 0.667. The van der Waals surface area contributed by atoms with Crippen molar-refractivity contribution in [3.63, 3.8) is 0 Å². The molecule has 4 rings (SSSR count). The minimum atomic E-state index is -0.00230. The molecule has 7 nitrogen and oxygen atoms in total. The Morgan fingerprint density at radius 3 is 2.70 bits per heavy atom. The number of thioether (sulfide) groups is 1. The van der Waals surface area contributed by atoms with Gasteiger partial charge in [-0.1, -0.05) is 18.7 Å². The van der Waals surface area contributed by atoms with Crippen molar-refractivity contribution in [2.75, 3.05) is 29.9 Å². The fourth-order valence-corrected chi connectivity index (χ4v) is 5.07. The summed E-state index contributed by atoms with van der Waals surface area (Å²) in [5, 5.41) is 12.8. The van der Waals surface area contributed by atoms with Crippen molar-refractivity contribution in [3.8, 4) is 0 Å². The number of amides is 1. The van der Waals surface area contributed by atoms with Gasteiger partial charge in [-0.25, -0.2) is 4.98 Å². The van der Waals surface area contributed by atoms with E-state index >= 15 is 0 Å². The maximum absolute atomic E-state index is 11.5. The molecule has 1 aliphatic carbocycles. The molecule has 27 heavy (non-hydrogen) atoms. The summed E-state index contributed by atoms with van der Waals surface area (Å²) in [6.07, 6.45) is 4.89. The van der Waals surface area contributed by atoms with E-state index in [2.05, 4.69) is 31.6 Å². The second kappa shape index (κ2) is 7.79. The van der Waals surface area contributed by atoms with E-state index < -0.39 is 0 Å². The van der Waals surface area contributed by atoms with E-state index in [0.29, 0.717) is 6.04 Å². The highest BCUT2D eigenvalue weighted by atomic mass is 32.2. The van der Waals surface area contributed by atoms with Gasteiger partial charge in [-0.2, -0.15) is 0 Å². The van der Waals surface area contributed by atoms with Crippen molar-refractivity contribution in [3.05, 3.63) is 11.1 Å². The monoisotopic (exact) mass is 406 g/mol. The lowest BCUT2D eigenvalue weighted by Crippen LogP contribution is -2.34. The predicted octanol–water partition coefficient (Wildman–Crippen LogP) is 3.58. The van der Waals surface area contributed by atoms with E-state index in [1.807, 2.05) is 5.38 Å². The molecule has 0 atom stereocenters. The van der Waals surface area contributed by atoms with Crippen LogP contribution in [-0.2, 0) is 10.5 Å². The van der Waals surface area contributed by atoms with Crippen LogP contribution in [0.1, 0.15) is 51.3 Å². The van der Waals surface area contributed by atoms with Gasteiger partial charge in [0.25, 0.3) is 0 Å². The Kier molecular flexibility index (Phi) is 5.41. The average molecular weight is 407 g/mol. The maximum Gasteiger partial charge on any atom is 0.228 e. The van der Waals surface area contributed by atoms with Crippen LogP contribution in [0, 0.1) is 5.92 Å². The molecule has 0 aromatic carbocycles. The van der Waals surface area contributed by atoms with Crippen molar-refractivity contribution in [1.29, 1.82) is 0 Å². The Labute approximate surface area is 168 Å². The maximum atomic E-state index is 11.5. The van der Waals surface area contributed by atoms with Crippen molar-refractivity contribution in [2.45, 2.75) is 56.5 Å². The third-order valence-electron chi connectivity index (χ3n) is 5.27. The third-order valence-corrected chi connectivity index (χ3v) is 7.22. The Bertz CT molecular complexity index is 807. The lowest BCUT2D eigenvalue weighted by atomic mass is 10.00. The van der Waals surface area contributed by atoms with Gasteiger partial charge in [0.1, 0.15) is 0 Å². The first kappa shape index (κ1) is 18.7. The molecule has 0 spiro atoms. The highest BCUT2D eigenvalue weighted by molar-refractivity contribution is 7.98. The summed E-state index contributed by atoms with van der Waals surface area (Å²) in [5.74, 6) is 2.59. The highest BCUT2D eigenvalue weighted by Crippen LogP contribution is 2.42. The zero-order valence-corrected chi connectivity index (χ0v) is 17.7. The van der Waals surface area contributed by atoms with Crippen molar-refractivity contribution in [2.24, 2.45) is 5.92 Å². The minimum Gasteiger partial charge on any atom is -0.341 e. The van der Waals surface area contributed by atoms with E-state index in [1.54, 1.807) is 30.6 Å². The smallest absolute Gasteiger partial charge is 0.228 e. The minimum absolute atomic E-state index is 0.00230. The fourth-order valence-electron chi connectivity index (χ4n) is 3.23. The van der Waals surface area contributed by atoms with Gasteiger partial charge in [-0.3, -0.25) is 14.3 Å². The number of aromatic nitrogens is 4. The molecule has 2 aromatic rings. The summed E-state index contributed by atoms with van der Waals surface area (Å²) in [6, 6.07) is 0.548. The molecule has 0 unspecified atom stereocenters. The summed E-state index contributed by atoms with van der Waals surface area (Å²) in [6.45, 7) is 6.03. The number of carbonyl (C=O) groups excluding carboxylic acids is 1. The van der Waals surface area contributed by atoms with Gasteiger partial charge < -0.3 is 4.90 Å². The van der Waals surface area contributed by atoms with Crippen LogP contribution in [0.15, 0.2) is 10.5 Å². The number of piperidine rings is 1. The largest absolute Gasteiger partial charge is 0.341 e. The molecule has 0 N–H and O–H groups in total. The molecule has 0 bridgehead atoms.